The van der Waals surface area contributed by atoms with E-state index in [4.69, 9.17) is 0 Å². The molecule has 0 spiro atoms. The Hall–Kier alpha value is -2.77. The Morgan fingerprint density at radius 1 is 1.21 bits per heavy atom. The van der Waals surface area contributed by atoms with Crippen molar-refractivity contribution in [1.29, 1.82) is 0 Å². The first-order valence-electron chi connectivity index (χ1n) is 9.54. The Labute approximate surface area is 161 Å². The lowest BCUT2D eigenvalue weighted by Crippen LogP contribution is -2.17. The third kappa shape index (κ3) is 3.50. The molecule has 3 aromatic rings. The Kier molecular flexibility index (Phi) is 4.87. The smallest absolute Gasteiger partial charge is 0.284 e. The summed E-state index contributed by atoms with van der Waals surface area (Å²) in [5.74, 6) is 0.163. The van der Waals surface area contributed by atoms with Gasteiger partial charge >= 0.3 is 0 Å². The van der Waals surface area contributed by atoms with Gasteiger partial charge in [-0.3, -0.25) is 13.9 Å². The fraction of sp³-hybridized carbons (Fsp3) is 0.450. The molecule has 0 bridgehead atoms. The fourth-order valence-corrected chi connectivity index (χ4v) is 3.80. The molecule has 8 heteroatoms. The van der Waals surface area contributed by atoms with Crippen molar-refractivity contribution in [3.8, 4) is 0 Å². The molecule has 4 rings (SSSR count). The molecule has 1 N–H and O–H groups in total. The molecule has 1 amide bonds. The van der Waals surface area contributed by atoms with Crippen LogP contribution in [0.5, 0.6) is 0 Å². The first-order valence-corrected chi connectivity index (χ1v) is 9.54. The molecule has 6 nitrogen and oxygen atoms in total. The number of hydrogen-bond acceptors (Lipinski definition) is 3. The van der Waals surface area contributed by atoms with Crippen LogP contribution in [-0.2, 0) is 0 Å². The van der Waals surface area contributed by atoms with Gasteiger partial charge in [0.15, 0.2) is 5.69 Å². The molecule has 0 saturated heterocycles. The van der Waals surface area contributed by atoms with Gasteiger partial charge in [-0.15, -0.1) is 0 Å². The van der Waals surface area contributed by atoms with Crippen molar-refractivity contribution in [3.63, 3.8) is 0 Å². The summed E-state index contributed by atoms with van der Waals surface area (Å²) >= 11 is 0. The van der Waals surface area contributed by atoms with Gasteiger partial charge < -0.3 is 5.32 Å². The normalized spacial score (nSPS) is 20.0. The van der Waals surface area contributed by atoms with Gasteiger partial charge in [-0.1, -0.05) is 13.0 Å². The molecule has 0 radical (unpaired) electrons. The highest BCUT2D eigenvalue weighted by Gasteiger charge is 2.26. The fourth-order valence-electron chi connectivity index (χ4n) is 3.80. The number of alkyl halides is 2. The number of anilines is 1. The van der Waals surface area contributed by atoms with Crippen LogP contribution in [0.25, 0.3) is 5.65 Å². The summed E-state index contributed by atoms with van der Waals surface area (Å²) in [4.78, 5) is 16.9. The molecule has 1 fully saturated rings. The SMILES string of the molecule is Cc1ccc2ncc(C(=O)Nc3cn([C@H]4CC[C@H](C)CC4)nc3C(F)F)n2c1. The highest BCUT2D eigenvalue weighted by Crippen LogP contribution is 2.34. The average molecular weight is 387 g/mol. The van der Waals surface area contributed by atoms with Crippen molar-refractivity contribution in [2.45, 2.75) is 52.0 Å². The second kappa shape index (κ2) is 7.33. The Morgan fingerprint density at radius 2 is 1.96 bits per heavy atom. The number of halogens is 2. The summed E-state index contributed by atoms with van der Waals surface area (Å²) in [6.45, 7) is 4.11. The maximum Gasteiger partial charge on any atom is 0.284 e. The lowest BCUT2D eigenvalue weighted by molar-refractivity contribution is 0.102. The number of fused-ring (bicyclic) bond motifs is 1. The number of pyridine rings is 1. The zero-order valence-electron chi connectivity index (χ0n) is 15.9. The van der Waals surface area contributed by atoms with Crippen LogP contribution >= 0.6 is 0 Å². The van der Waals surface area contributed by atoms with Crippen LogP contribution in [0.15, 0.2) is 30.7 Å². The van der Waals surface area contributed by atoms with Crippen molar-refractivity contribution in [2.24, 2.45) is 5.92 Å². The summed E-state index contributed by atoms with van der Waals surface area (Å²) in [6.07, 6.45) is 5.93. The zero-order chi connectivity index (χ0) is 19.8. The number of nitrogens with one attached hydrogen (secondary N) is 1. The lowest BCUT2D eigenvalue weighted by Gasteiger charge is -2.26. The standard InChI is InChI=1S/C20H23F2N5O/c1-12-3-6-14(7-4-12)27-11-15(18(25-27)19(21)22)24-20(28)16-9-23-17-8-5-13(2)10-26(16)17/h5,8-12,14,19H,3-4,6-7H2,1-2H3,(H,24,28)/t12-,14-. The van der Waals surface area contributed by atoms with Crippen molar-refractivity contribution in [3.05, 3.63) is 47.7 Å². The predicted octanol–water partition coefficient (Wildman–Crippen LogP) is 4.78. The van der Waals surface area contributed by atoms with Gasteiger partial charge in [-0.2, -0.15) is 5.10 Å². The van der Waals surface area contributed by atoms with E-state index >= 15 is 0 Å². The highest BCUT2D eigenvalue weighted by molar-refractivity contribution is 6.03. The summed E-state index contributed by atoms with van der Waals surface area (Å²) in [6, 6.07) is 3.80. The molecule has 0 aromatic carbocycles. The molecule has 0 atom stereocenters. The van der Waals surface area contributed by atoms with Crippen LogP contribution in [-0.4, -0.2) is 25.1 Å². The van der Waals surface area contributed by atoms with E-state index in [0.717, 1.165) is 31.2 Å². The van der Waals surface area contributed by atoms with E-state index in [1.165, 1.54) is 12.4 Å². The number of amides is 1. The summed E-state index contributed by atoms with van der Waals surface area (Å²) in [5.41, 5.74) is 1.54. The highest BCUT2D eigenvalue weighted by atomic mass is 19.3. The minimum absolute atomic E-state index is 0.0567. The van der Waals surface area contributed by atoms with Crippen LogP contribution < -0.4 is 5.32 Å². The number of nitrogens with zero attached hydrogens (tertiary/aromatic N) is 4. The van der Waals surface area contributed by atoms with E-state index in [9.17, 15) is 13.6 Å². The quantitative estimate of drug-likeness (QED) is 0.701. The molecule has 1 aliphatic rings. The van der Waals surface area contributed by atoms with Crippen LogP contribution in [0.2, 0.25) is 0 Å². The number of hydrogen-bond donors (Lipinski definition) is 1. The predicted molar refractivity (Wildman–Crippen MR) is 102 cm³/mol. The molecule has 0 aliphatic heterocycles. The van der Waals surface area contributed by atoms with E-state index in [1.807, 2.05) is 13.0 Å². The van der Waals surface area contributed by atoms with Gasteiger partial charge in [0.1, 0.15) is 11.3 Å². The van der Waals surface area contributed by atoms with Gasteiger partial charge in [0.25, 0.3) is 12.3 Å². The first kappa shape index (κ1) is 18.6. The molecule has 28 heavy (non-hydrogen) atoms. The maximum absolute atomic E-state index is 13.5. The second-order valence-electron chi connectivity index (χ2n) is 7.65. The number of carbonyl (C=O) groups excluding carboxylic acids is 1. The minimum Gasteiger partial charge on any atom is -0.318 e. The summed E-state index contributed by atoms with van der Waals surface area (Å²) < 4.78 is 30.3. The van der Waals surface area contributed by atoms with Crippen LogP contribution in [0.4, 0.5) is 14.5 Å². The molecule has 3 heterocycles. The molecule has 1 aliphatic carbocycles. The number of imidazole rings is 1. The average Bonchev–Trinajstić information content (AvgIpc) is 3.26. The van der Waals surface area contributed by atoms with Gasteiger partial charge in [-0.05, 0) is 50.2 Å². The zero-order valence-corrected chi connectivity index (χ0v) is 15.9. The summed E-state index contributed by atoms with van der Waals surface area (Å²) in [7, 11) is 0. The van der Waals surface area contributed by atoms with Gasteiger partial charge in [0, 0.05) is 12.4 Å². The Bertz CT molecular complexity index is 1000. The van der Waals surface area contributed by atoms with E-state index in [0.29, 0.717) is 11.6 Å². The second-order valence-corrected chi connectivity index (χ2v) is 7.65. The lowest BCUT2D eigenvalue weighted by atomic mass is 9.87. The number of aryl methyl sites for hydroxylation is 1. The molecule has 1 saturated carbocycles. The van der Waals surface area contributed by atoms with Crippen LogP contribution in [0, 0.1) is 12.8 Å². The van der Waals surface area contributed by atoms with Crippen molar-refractivity contribution >= 4 is 17.2 Å². The summed E-state index contributed by atoms with van der Waals surface area (Å²) in [5, 5.41) is 6.71. The first-order chi connectivity index (χ1) is 13.4. The molecule has 3 aromatic heterocycles. The third-order valence-electron chi connectivity index (χ3n) is 5.46. The van der Waals surface area contributed by atoms with E-state index in [-0.39, 0.29) is 17.4 Å². The van der Waals surface area contributed by atoms with E-state index < -0.39 is 18.0 Å². The number of aromatic nitrogens is 4. The molecular formula is C20H23F2N5O. The van der Waals surface area contributed by atoms with Crippen LogP contribution in [0.1, 0.15) is 66.8 Å². The molecular weight excluding hydrogens is 364 g/mol. The molecule has 0 unspecified atom stereocenters. The maximum atomic E-state index is 13.5. The Morgan fingerprint density at radius 3 is 2.68 bits per heavy atom. The number of rotatable bonds is 4. The van der Waals surface area contributed by atoms with Gasteiger partial charge in [0.05, 0.1) is 17.9 Å². The molecule has 148 valence electrons. The van der Waals surface area contributed by atoms with E-state index in [1.54, 1.807) is 21.3 Å². The third-order valence-corrected chi connectivity index (χ3v) is 5.46. The topological polar surface area (TPSA) is 64.2 Å². The van der Waals surface area contributed by atoms with Gasteiger partial charge in [0.2, 0.25) is 0 Å². The Balaban J connectivity index is 1.61. The van der Waals surface area contributed by atoms with E-state index in [2.05, 4.69) is 22.3 Å². The number of carbonyl (C=O) groups is 1. The monoisotopic (exact) mass is 387 g/mol. The largest absolute Gasteiger partial charge is 0.318 e. The van der Waals surface area contributed by atoms with Crippen molar-refractivity contribution in [2.75, 3.05) is 5.32 Å². The van der Waals surface area contributed by atoms with Crippen LogP contribution in [0.3, 0.4) is 0 Å². The minimum atomic E-state index is -2.76. The van der Waals surface area contributed by atoms with Crippen molar-refractivity contribution in [1.82, 2.24) is 19.2 Å². The van der Waals surface area contributed by atoms with Gasteiger partial charge in [-0.25, -0.2) is 13.8 Å². The van der Waals surface area contributed by atoms with Crippen molar-refractivity contribution < 1.29 is 13.6 Å².